The summed E-state index contributed by atoms with van der Waals surface area (Å²) in [7, 11) is 0. The van der Waals surface area contributed by atoms with Crippen molar-refractivity contribution in [3.8, 4) is 11.4 Å². The number of halogens is 1. The summed E-state index contributed by atoms with van der Waals surface area (Å²) in [6, 6.07) is 12.7. The van der Waals surface area contributed by atoms with Gasteiger partial charge < -0.3 is 30.9 Å². The van der Waals surface area contributed by atoms with Gasteiger partial charge in [0.05, 0.1) is 19.3 Å². The quantitative estimate of drug-likeness (QED) is 0.440. The minimum Gasteiger partial charge on any atom is -0.378 e. The fourth-order valence-electron chi connectivity index (χ4n) is 3.57. The predicted molar refractivity (Wildman–Crippen MR) is 128 cm³/mol. The highest BCUT2D eigenvalue weighted by Crippen LogP contribution is 2.23. The second-order valence-corrected chi connectivity index (χ2v) is 8.04. The van der Waals surface area contributed by atoms with E-state index < -0.39 is 6.03 Å². The second kappa shape index (κ2) is 9.98. The standard InChI is InChI=1S/C23H25FN8O2/c24-16-3-7-18(8-4-16)28-23(33)27-17-5-1-15(2-6-17)20-29-21(26-19-13-25-14-19)31-22(30-20)32-9-11-34-12-10-32/h1-8,19,25H,9-14H2,(H2,27,28,33)(H,26,29,30,31). The van der Waals surface area contributed by atoms with Crippen LogP contribution in [0.4, 0.5) is 32.5 Å². The molecule has 5 rings (SSSR count). The highest BCUT2D eigenvalue weighted by Gasteiger charge is 2.21. The number of rotatable bonds is 6. The molecule has 0 unspecified atom stereocenters. The molecule has 0 radical (unpaired) electrons. The summed E-state index contributed by atoms with van der Waals surface area (Å²) in [5, 5.41) is 12.0. The molecule has 3 aromatic rings. The van der Waals surface area contributed by atoms with Gasteiger partial charge in [0.25, 0.3) is 0 Å². The van der Waals surface area contributed by atoms with Crippen LogP contribution >= 0.6 is 0 Å². The number of ether oxygens (including phenoxy) is 1. The van der Waals surface area contributed by atoms with E-state index in [9.17, 15) is 9.18 Å². The first-order valence-electron chi connectivity index (χ1n) is 11.1. The summed E-state index contributed by atoms with van der Waals surface area (Å²) >= 11 is 0. The van der Waals surface area contributed by atoms with Crippen molar-refractivity contribution in [2.75, 3.05) is 60.2 Å². The van der Waals surface area contributed by atoms with Crippen LogP contribution < -0.4 is 26.2 Å². The lowest BCUT2D eigenvalue weighted by atomic mass is 10.2. The third-order valence-electron chi connectivity index (χ3n) is 5.54. The van der Waals surface area contributed by atoms with Gasteiger partial charge in [0.15, 0.2) is 5.82 Å². The van der Waals surface area contributed by atoms with E-state index in [2.05, 4.69) is 36.1 Å². The van der Waals surface area contributed by atoms with E-state index in [0.29, 0.717) is 48.4 Å². The van der Waals surface area contributed by atoms with Crippen molar-refractivity contribution in [2.45, 2.75) is 6.04 Å². The van der Waals surface area contributed by atoms with E-state index in [4.69, 9.17) is 9.72 Å². The van der Waals surface area contributed by atoms with Crippen LogP contribution in [0.5, 0.6) is 0 Å². The van der Waals surface area contributed by atoms with E-state index in [0.717, 1.165) is 31.7 Å². The Kier molecular flexibility index (Phi) is 6.45. The highest BCUT2D eigenvalue weighted by molar-refractivity contribution is 5.99. The van der Waals surface area contributed by atoms with E-state index >= 15 is 0 Å². The minimum absolute atomic E-state index is 0.291. The Hall–Kier alpha value is -3.83. The molecule has 0 spiro atoms. The summed E-state index contributed by atoms with van der Waals surface area (Å²) in [6.45, 7) is 4.45. The monoisotopic (exact) mass is 464 g/mol. The fourth-order valence-corrected chi connectivity index (χ4v) is 3.57. The van der Waals surface area contributed by atoms with Crippen LogP contribution in [0, 0.1) is 5.82 Å². The van der Waals surface area contributed by atoms with E-state index in [1.54, 1.807) is 12.1 Å². The van der Waals surface area contributed by atoms with Gasteiger partial charge in [-0.15, -0.1) is 0 Å². The van der Waals surface area contributed by atoms with E-state index in [1.807, 2.05) is 12.1 Å². The largest absolute Gasteiger partial charge is 0.378 e. The van der Waals surface area contributed by atoms with Crippen molar-refractivity contribution in [3.63, 3.8) is 0 Å². The van der Waals surface area contributed by atoms with Crippen LogP contribution in [0.3, 0.4) is 0 Å². The summed E-state index contributed by atoms with van der Waals surface area (Å²) in [5.74, 6) is 1.34. The molecule has 10 nitrogen and oxygen atoms in total. The molecule has 0 atom stereocenters. The molecule has 2 amide bonds. The van der Waals surface area contributed by atoms with E-state index in [1.165, 1.54) is 24.3 Å². The molecule has 2 fully saturated rings. The normalized spacial score (nSPS) is 16.0. The number of nitrogens with one attached hydrogen (secondary N) is 4. The minimum atomic E-state index is -0.422. The first-order valence-corrected chi connectivity index (χ1v) is 11.1. The van der Waals surface area contributed by atoms with Gasteiger partial charge in [0.1, 0.15) is 5.82 Å². The van der Waals surface area contributed by atoms with Crippen molar-refractivity contribution in [3.05, 3.63) is 54.3 Å². The van der Waals surface area contributed by atoms with Gasteiger partial charge in [-0.25, -0.2) is 9.18 Å². The topological polar surface area (TPSA) is 116 Å². The number of benzene rings is 2. The van der Waals surface area contributed by atoms with Gasteiger partial charge in [-0.2, -0.15) is 15.0 Å². The summed E-state index contributed by atoms with van der Waals surface area (Å²) in [5.41, 5.74) is 1.90. The molecule has 176 valence electrons. The number of hydrogen-bond donors (Lipinski definition) is 4. The molecular formula is C23H25FN8O2. The molecule has 34 heavy (non-hydrogen) atoms. The van der Waals surface area contributed by atoms with Crippen molar-refractivity contribution >= 4 is 29.3 Å². The number of amides is 2. The zero-order valence-electron chi connectivity index (χ0n) is 18.4. The summed E-state index contributed by atoms with van der Waals surface area (Å²) in [4.78, 5) is 28.3. The van der Waals surface area contributed by atoms with Crippen LogP contribution in [0.25, 0.3) is 11.4 Å². The first-order chi connectivity index (χ1) is 16.6. The number of hydrogen-bond acceptors (Lipinski definition) is 8. The number of carbonyl (C=O) groups is 1. The maximum atomic E-state index is 13.0. The lowest BCUT2D eigenvalue weighted by molar-refractivity contribution is 0.122. The van der Waals surface area contributed by atoms with Gasteiger partial charge in [-0.3, -0.25) is 0 Å². The van der Waals surface area contributed by atoms with Crippen molar-refractivity contribution < 1.29 is 13.9 Å². The molecule has 4 N–H and O–H groups in total. The molecule has 2 aliphatic heterocycles. The van der Waals surface area contributed by atoms with Crippen LogP contribution in [-0.2, 0) is 4.74 Å². The van der Waals surface area contributed by atoms with Crippen LogP contribution in [0.15, 0.2) is 48.5 Å². The lowest BCUT2D eigenvalue weighted by Crippen LogP contribution is -2.51. The van der Waals surface area contributed by atoms with Crippen molar-refractivity contribution in [1.82, 2.24) is 20.3 Å². The third kappa shape index (κ3) is 5.38. The number of nitrogens with zero attached hydrogens (tertiary/aromatic N) is 4. The van der Waals surface area contributed by atoms with Gasteiger partial charge in [-0.1, -0.05) is 0 Å². The van der Waals surface area contributed by atoms with Gasteiger partial charge in [0.2, 0.25) is 11.9 Å². The number of aromatic nitrogens is 3. The lowest BCUT2D eigenvalue weighted by Gasteiger charge is -2.29. The molecule has 0 saturated carbocycles. The van der Waals surface area contributed by atoms with Crippen LogP contribution in [0.1, 0.15) is 0 Å². The summed E-state index contributed by atoms with van der Waals surface area (Å²) in [6.07, 6.45) is 0. The zero-order chi connectivity index (χ0) is 23.3. The first kappa shape index (κ1) is 22.0. The molecule has 11 heteroatoms. The Morgan fingerprint density at radius 3 is 2.21 bits per heavy atom. The average molecular weight is 465 g/mol. The van der Waals surface area contributed by atoms with Gasteiger partial charge >= 0.3 is 6.03 Å². The highest BCUT2D eigenvalue weighted by atomic mass is 19.1. The number of morpholine rings is 1. The number of urea groups is 1. The maximum Gasteiger partial charge on any atom is 0.323 e. The molecule has 3 heterocycles. The molecule has 2 aliphatic rings. The van der Waals surface area contributed by atoms with Crippen LogP contribution in [0.2, 0.25) is 0 Å². The molecule has 0 aliphatic carbocycles. The fraction of sp³-hybridized carbons (Fsp3) is 0.304. The zero-order valence-corrected chi connectivity index (χ0v) is 18.4. The Morgan fingerprint density at radius 1 is 0.941 bits per heavy atom. The Balaban J connectivity index is 1.31. The third-order valence-corrected chi connectivity index (χ3v) is 5.54. The smallest absolute Gasteiger partial charge is 0.323 e. The second-order valence-electron chi connectivity index (χ2n) is 8.04. The molecule has 2 saturated heterocycles. The number of anilines is 4. The van der Waals surface area contributed by atoms with Crippen molar-refractivity contribution in [1.29, 1.82) is 0 Å². The Morgan fingerprint density at radius 2 is 1.59 bits per heavy atom. The van der Waals surface area contributed by atoms with Gasteiger partial charge in [-0.05, 0) is 48.5 Å². The van der Waals surface area contributed by atoms with Crippen LogP contribution in [-0.4, -0.2) is 66.4 Å². The average Bonchev–Trinajstić information content (AvgIpc) is 2.84. The van der Waals surface area contributed by atoms with E-state index in [-0.39, 0.29) is 5.82 Å². The van der Waals surface area contributed by atoms with Crippen molar-refractivity contribution in [2.24, 2.45) is 0 Å². The Labute approximate surface area is 196 Å². The van der Waals surface area contributed by atoms with Gasteiger partial charge in [0, 0.05) is 43.1 Å². The SMILES string of the molecule is O=C(Nc1ccc(F)cc1)Nc1ccc(-c2nc(NC3CNC3)nc(N3CCOCC3)n2)cc1. The molecule has 2 aromatic carbocycles. The number of carbonyl (C=O) groups excluding carboxylic acids is 1. The molecular weight excluding hydrogens is 439 g/mol. The summed E-state index contributed by atoms with van der Waals surface area (Å²) < 4.78 is 18.5. The maximum absolute atomic E-state index is 13.0. The molecule has 1 aromatic heterocycles. The molecule has 0 bridgehead atoms. The predicted octanol–water partition coefficient (Wildman–Crippen LogP) is 2.54. The Bertz CT molecular complexity index is 1130.